The lowest BCUT2D eigenvalue weighted by atomic mass is 10.1. The van der Waals surface area contributed by atoms with E-state index in [0.717, 1.165) is 5.56 Å². The van der Waals surface area contributed by atoms with Gasteiger partial charge in [0.05, 0.1) is 12.2 Å². The van der Waals surface area contributed by atoms with Crippen molar-refractivity contribution in [3.63, 3.8) is 0 Å². The minimum absolute atomic E-state index is 0.203. The van der Waals surface area contributed by atoms with Crippen LogP contribution in [0.2, 0.25) is 0 Å². The highest BCUT2D eigenvalue weighted by atomic mass is 19.1. The molecule has 1 saturated heterocycles. The van der Waals surface area contributed by atoms with Gasteiger partial charge in [0.1, 0.15) is 5.82 Å². The summed E-state index contributed by atoms with van der Waals surface area (Å²) in [6.07, 6.45) is 0.467. The first-order valence-electron chi connectivity index (χ1n) is 5.09. The van der Waals surface area contributed by atoms with Crippen molar-refractivity contribution in [1.82, 2.24) is 0 Å². The monoisotopic (exact) mass is 210 g/mol. The molecule has 1 fully saturated rings. The molecule has 1 aliphatic heterocycles. The van der Waals surface area contributed by atoms with E-state index in [0.29, 0.717) is 13.0 Å². The predicted molar refractivity (Wildman–Crippen MR) is 55.0 cm³/mol. The molecule has 0 spiro atoms. The summed E-state index contributed by atoms with van der Waals surface area (Å²) >= 11 is 0. The second kappa shape index (κ2) is 3.91. The van der Waals surface area contributed by atoms with Crippen molar-refractivity contribution < 1.29 is 13.9 Å². The molecule has 1 aromatic rings. The lowest BCUT2D eigenvalue weighted by Gasteiger charge is -2.15. The molecule has 82 valence electrons. The summed E-state index contributed by atoms with van der Waals surface area (Å²) in [5.74, 6) is -0.215. The molecule has 1 aliphatic rings. The third kappa shape index (κ3) is 2.76. The van der Waals surface area contributed by atoms with Crippen LogP contribution in [-0.4, -0.2) is 18.5 Å². The minimum Gasteiger partial charge on any atom is -0.349 e. The molecule has 0 N–H and O–H groups in total. The van der Waals surface area contributed by atoms with Crippen molar-refractivity contribution in [2.75, 3.05) is 6.61 Å². The zero-order valence-electron chi connectivity index (χ0n) is 9.00. The van der Waals surface area contributed by atoms with E-state index < -0.39 is 0 Å². The third-order valence-corrected chi connectivity index (χ3v) is 2.38. The Balaban J connectivity index is 1.96. The third-order valence-electron chi connectivity index (χ3n) is 2.38. The largest absolute Gasteiger partial charge is 0.349 e. The minimum atomic E-state index is -0.215. The summed E-state index contributed by atoms with van der Waals surface area (Å²) in [4.78, 5) is 0. The van der Waals surface area contributed by atoms with E-state index in [2.05, 4.69) is 0 Å². The van der Waals surface area contributed by atoms with E-state index in [1.807, 2.05) is 13.8 Å². The average Bonchev–Trinajstić information content (AvgIpc) is 2.50. The number of benzene rings is 1. The fraction of sp³-hybridized carbons (Fsp3) is 0.500. The molecule has 1 heterocycles. The lowest BCUT2D eigenvalue weighted by molar-refractivity contribution is -0.0766. The van der Waals surface area contributed by atoms with Crippen LogP contribution in [0, 0.1) is 5.82 Å². The molecule has 1 atom stereocenters. The summed E-state index contributed by atoms with van der Waals surface area (Å²) in [6.45, 7) is 4.61. The number of hydrogen-bond acceptors (Lipinski definition) is 2. The molecule has 0 saturated carbocycles. The van der Waals surface area contributed by atoms with Crippen LogP contribution in [0.25, 0.3) is 0 Å². The molecular formula is C12H15FO2. The van der Waals surface area contributed by atoms with E-state index in [-0.39, 0.29) is 17.7 Å². The Morgan fingerprint density at radius 1 is 1.33 bits per heavy atom. The summed E-state index contributed by atoms with van der Waals surface area (Å²) in [6, 6.07) is 6.42. The maximum Gasteiger partial charge on any atom is 0.162 e. The summed E-state index contributed by atoms with van der Waals surface area (Å²) in [7, 11) is 0. The van der Waals surface area contributed by atoms with Gasteiger partial charge in [-0.3, -0.25) is 0 Å². The molecule has 0 radical (unpaired) electrons. The van der Waals surface area contributed by atoms with E-state index in [1.165, 1.54) is 12.1 Å². The van der Waals surface area contributed by atoms with Gasteiger partial charge in [0.2, 0.25) is 0 Å². The predicted octanol–water partition coefficient (Wildman–Crippen LogP) is 2.52. The molecular weight excluding hydrogens is 195 g/mol. The van der Waals surface area contributed by atoms with Crippen molar-refractivity contribution in [3.8, 4) is 0 Å². The number of ether oxygens (including phenoxy) is 2. The van der Waals surface area contributed by atoms with Gasteiger partial charge in [0, 0.05) is 6.42 Å². The van der Waals surface area contributed by atoms with Gasteiger partial charge in [-0.15, -0.1) is 0 Å². The maximum absolute atomic E-state index is 12.7. The quantitative estimate of drug-likeness (QED) is 0.746. The second-order valence-corrected chi connectivity index (χ2v) is 4.45. The van der Waals surface area contributed by atoms with Crippen molar-refractivity contribution in [3.05, 3.63) is 35.6 Å². The Morgan fingerprint density at radius 3 is 2.53 bits per heavy atom. The first-order chi connectivity index (χ1) is 7.05. The fourth-order valence-corrected chi connectivity index (χ4v) is 1.63. The Morgan fingerprint density at radius 2 is 2.00 bits per heavy atom. The second-order valence-electron chi connectivity index (χ2n) is 4.45. The summed E-state index contributed by atoms with van der Waals surface area (Å²) < 4.78 is 23.8. The van der Waals surface area contributed by atoms with Gasteiger partial charge >= 0.3 is 0 Å². The molecule has 0 aromatic heterocycles. The molecule has 2 nitrogen and oxygen atoms in total. The van der Waals surface area contributed by atoms with Crippen molar-refractivity contribution in [2.45, 2.75) is 32.2 Å². The zero-order chi connectivity index (χ0) is 10.9. The number of halogens is 1. The summed E-state index contributed by atoms with van der Waals surface area (Å²) in [5, 5.41) is 0. The topological polar surface area (TPSA) is 18.5 Å². The Bertz CT molecular complexity index is 332. The van der Waals surface area contributed by atoms with Gasteiger partial charge < -0.3 is 9.47 Å². The van der Waals surface area contributed by atoms with Gasteiger partial charge in [0.15, 0.2) is 6.29 Å². The van der Waals surface area contributed by atoms with Gasteiger partial charge in [0.25, 0.3) is 0 Å². The van der Waals surface area contributed by atoms with Crippen LogP contribution in [0.5, 0.6) is 0 Å². The molecule has 0 amide bonds. The van der Waals surface area contributed by atoms with Crippen LogP contribution >= 0.6 is 0 Å². The fourth-order valence-electron chi connectivity index (χ4n) is 1.63. The first-order valence-corrected chi connectivity index (χ1v) is 5.09. The summed E-state index contributed by atoms with van der Waals surface area (Å²) in [5.41, 5.74) is 0.823. The van der Waals surface area contributed by atoms with E-state index >= 15 is 0 Å². The number of rotatable bonds is 2. The van der Waals surface area contributed by atoms with Crippen molar-refractivity contribution in [1.29, 1.82) is 0 Å². The van der Waals surface area contributed by atoms with Crippen LogP contribution in [0.4, 0.5) is 4.39 Å². The lowest BCUT2D eigenvalue weighted by Crippen LogP contribution is -2.23. The van der Waals surface area contributed by atoms with Crippen LogP contribution in [-0.2, 0) is 15.9 Å². The molecule has 15 heavy (non-hydrogen) atoms. The van der Waals surface area contributed by atoms with E-state index in [9.17, 15) is 4.39 Å². The SMILES string of the molecule is CC1(C)COC(Cc2ccc(F)cc2)O1. The van der Waals surface area contributed by atoms with Gasteiger partial charge in [-0.25, -0.2) is 4.39 Å². The molecule has 0 aliphatic carbocycles. The molecule has 3 heteroatoms. The average molecular weight is 210 g/mol. The van der Waals surface area contributed by atoms with Crippen molar-refractivity contribution >= 4 is 0 Å². The maximum atomic E-state index is 12.7. The van der Waals surface area contributed by atoms with Gasteiger partial charge in [-0.2, -0.15) is 0 Å². The van der Waals surface area contributed by atoms with E-state index in [1.54, 1.807) is 12.1 Å². The molecule has 2 rings (SSSR count). The molecule has 0 bridgehead atoms. The Labute approximate surface area is 89.0 Å². The standard InChI is InChI=1S/C12H15FO2/c1-12(2)8-14-11(15-12)7-9-3-5-10(13)6-4-9/h3-6,11H,7-8H2,1-2H3. The molecule has 1 aromatic carbocycles. The normalized spacial score (nSPS) is 24.3. The Kier molecular flexibility index (Phi) is 2.76. The first kappa shape index (κ1) is 10.6. The highest BCUT2D eigenvalue weighted by molar-refractivity contribution is 5.16. The van der Waals surface area contributed by atoms with Gasteiger partial charge in [-0.1, -0.05) is 12.1 Å². The van der Waals surface area contributed by atoms with E-state index in [4.69, 9.17) is 9.47 Å². The number of hydrogen-bond donors (Lipinski definition) is 0. The van der Waals surface area contributed by atoms with Crippen LogP contribution < -0.4 is 0 Å². The van der Waals surface area contributed by atoms with Crippen LogP contribution in [0.15, 0.2) is 24.3 Å². The highest BCUT2D eigenvalue weighted by Crippen LogP contribution is 2.24. The highest BCUT2D eigenvalue weighted by Gasteiger charge is 2.32. The van der Waals surface area contributed by atoms with Crippen molar-refractivity contribution in [2.24, 2.45) is 0 Å². The van der Waals surface area contributed by atoms with Crippen LogP contribution in [0.3, 0.4) is 0 Å². The zero-order valence-corrected chi connectivity index (χ0v) is 9.00. The smallest absolute Gasteiger partial charge is 0.162 e. The van der Waals surface area contributed by atoms with Crippen LogP contribution in [0.1, 0.15) is 19.4 Å². The molecule has 1 unspecified atom stereocenters. The van der Waals surface area contributed by atoms with Gasteiger partial charge in [-0.05, 0) is 31.5 Å². The Hall–Kier alpha value is -0.930.